The van der Waals surface area contributed by atoms with Crippen LogP contribution in [0.4, 0.5) is 0 Å². The summed E-state index contributed by atoms with van der Waals surface area (Å²) in [5.41, 5.74) is 2.43. The summed E-state index contributed by atoms with van der Waals surface area (Å²) in [6.45, 7) is 12.0. The van der Waals surface area contributed by atoms with E-state index in [1.165, 1.54) is 83.1 Å². The molecule has 4 aliphatic rings. The lowest BCUT2D eigenvalue weighted by Crippen LogP contribution is -2.53. The maximum atomic E-state index is 11.0. The second kappa shape index (κ2) is 9.22. The maximum Gasteiger partial charge on any atom is 0.302 e. The fourth-order valence-electron chi connectivity index (χ4n) is 9.34. The molecule has 0 aromatic carbocycles. The van der Waals surface area contributed by atoms with Gasteiger partial charge in [0.25, 0.3) is 0 Å². The summed E-state index contributed by atoms with van der Waals surface area (Å²) in [6, 6.07) is 0. The first-order chi connectivity index (χ1) is 14.8. The van der Waals surface area contributed by atoms with E-state index >= 15 is 0 Å². The number of carbonyl (C=O) groups excluding carboxylic acids is 1. The highest BCUT2D eigenvalue weighted by molar-refractivity contribution is 5.66. The summed E-state index contributed by atoms with van der Waals surface area (Å²) in [6.07, 6.45) is 19.7. The van der Waals surface area contributed by atoms with Crippen LogP contribution in [-0.2, 0) is 9.53 Å². The lowest BCUT2D eigenvalue weighted by molar-refractivity contribution is -0.139. The monoisotopic (exact) mass is 428 g/mol. The van der Waals surface area contributed by atoms with Crippen LogP contribution in [0, 0.1) is 46.3 Å². The average Bonchev–Trinajstić information content (AvgIpc) is 3.09. The number of allylic oxidation sites excluding steroid dienone is 1. The van der Waals surface area contributed by atoms with E-state index in [0.29, 0.717) is 17.4 Å². The summed E-state index contributed by atoms with van der Waals surface area (Å²) in [4.78, 5) is 11.0. The highest BCUT2D eigenvalue weighted by atomic mass is 16.5. The Morgan fingerprint density at radius 3 is 2.52 bits per heavy atom. The molecule has 0 bridgehead atoms. The molecular formula is C29H48O2. The third-order valence-electron chi connectivity index (χ3n) is 11.0. The number of esters is 1. The van der Waals surface area contributed by atoms with Crippen molar-refractivity contribution >= 4 is 5.97 Å². The van der Waals surface area contributed by atoms with Crippen LogP contribution >= 0.6 is 0 Å². The summed E-state index contributed by atoms with van der Waals surface area (Å²) in [5, 5.41) is 0. The Labute approximate surface area is 192 Å². The minimum atomic E-state index is -0.183. The molecule has 4 saturated carbocycles. The molecule has 4 aliphatic carbocycles. The Bertz CT molecular complexity index is 680. The predicted molar refractivity (Wildman–Crippen MR) is 129 cm³/mol. The normalized spacial score (nSPS) is 43.5. The minimum absolute atomic E-state index is 0.183. The molecular weight excluding hydrogens is 380 g/mol. The zero-order valence-corrected chi connectivity index (χ0v) is 21.1. The molecule has 1 unspecified atom stereocenters. The average molecular weight is 429 g/mol. The Hall–Kier alpha value is -0.790. The SMILES string of the molecule is CC(=O)OCC(C)=CCC[C@@H](C)[C@H]1CC[C@H]2[C@@H]3CCC4CCCC[C@]4(C)[C@H]3CC[C@]12C. The van der Waals surface area contributed by atoms with Gasteiger partial charge in [-0.05, 0) is 123 Å². The van der Waals surface area contributed by atoms with Gasteiger partial charge in [-0.1, -0.05) is 39.7 Å². The third-order valence-corrected chi connectivity index (χ3v) is 11.0. The first-order valence-corrected chi connectivity index (χ1v) is 13.5. The Kier molecular flexibility index (Phi) is 6.95. The van der Waals surface area contributed by atoms with Gasteiger partial charge in [0.1, 0.15) is 6.61 Å². The van der Waals surface area contributed by atoms with Gasteiger partial charge in [0.05, 0.1) is 0 Å². The smallest absolute Gasteiger partial charge is 0.302 e. The van der Waals surface area contributed by atoms with Crippen molar-refractivity contribution in [2.45, 2.75) is 112 Å². The van der Waals surface area contributed by atoms with Crippen LogP contribution in [0.3, 0.4) is 0 Å². The fraction of sp³-hybridized carbons (Fsp3) is 0.897. The molecule has 0 heterocycles. The van der Waals surface area contributed by atoms with E-state index < -0.39 is 0 Å². The van der Waals surface area contributed by atoms with Crippen molar-refractivity contribution in [2.75, 3.05) is 6.61 Å². The molecule has 4 fully saturated rings. The quantitative estimate of drug-likeness (QED) is 0.317. The number of ether oxygens (including phenoxy) is 1. The van der Waals surface area contributed by atoms with Gasteiger partial charge < -0.3 is 4.74 Å². The highest BCUT2D eigenvalue weighted by Gasteiger charge is 2.59. The van der Waals surface area contributed by atoms with E-state index in [2.05, 4.69) is 33.8 Å². The lowest BCUT2D eigenvalue weighted by atomic mass is 9.44. The second-order valence-corrected chi connectivity index (χ2v) is 12.5. The largest absolute Gasteiger partial charge is 0.461 e. The van der Waals surface area contributed by atoms with E-state index in [0.717, 1.165) is 41.9 Å². The van der Waals surface area contributed by atoms with Crippen molar-refractivity contribution in [2.24, 2.45) is 46.3 Å². The van der Waals surface area contributed by atoms with Crippen molar-refractivity contribution in [1.29, 1.82) is 0 Å². The van der Waals surface area contributed by atoms with Crippen LogP contribution in [0.1, 0.15) is 112 Å². The van der Waals surface area contributed by atoms with E-state index in [4.69, 9.17) is 4.74 Å². The number of hydrogen-bond acceptors (Lipinski definition) is 2. The van der Waals surface area contributed by atoms with Gasteiger partial charge in [-0.2, -0.15) is 0 Å². The molecule has 0 saturated heterocycles. The minimum Gasteiger partial charge on any atom is -0.461 e. The predicted octanol–water partition coefficient (Wildman–Crippen LogP) is 7.96. The Morgan fingerprint density at radius 1 is 0.968 bits per heavy atom. The molecule has 176 valence electrons. The van der Waals surface area contributed by atoms with Crippen LogP contribution in [0.15, 0.2) is 11.6 Å². The van der Waals surface area contributed by atoms with Gasteiger partial charge in [0, 0.05) is 6.92 Å². The molecule has 2 heteroatoms. The number of hydrogen-bond donors (Lipinski definition) is 0. The molecule has 0 aromatic rings. The summed E-state index contributed by atoms with van der Waals surface area (Å²) < 4.78 is 5.14. The number of rotatable bonds is 6. The molecule has 4 rings (SSSR count). The van der Waals surface area contributed by atoms with Gasteiger partial charge in [0.15, 0.2) is 0 Å². The third kappa shape index (κ3) is 4.39. The zero-order chi connectivity index (χ0) is 22.2. The highest BCUT2D eigenvalue weighted by Crippen LogP contribution is 2.68. The van der Waals surface area contributed by atoms with Crippen LogP contribution < -0.4 is 0 Å². The van der Waals surface area contributed by atoms with Crippen LogP contribution in [0.2, 0.25) is 0 Å². The van der Waals surface area contributed by atoms with E-state index in [1.807, 2.05) is 0 Å². The molecule has 2 nitrogen and oxygen atoms in total. The van der Waals surface area contributed by atoms with Crippen molar-refractivity contribution in [3.05, 3.63) is 11.6 Å². The number of carbonyl (C=O) groups is 1. The molecule has 0 radical (unpaired) electrons. The molecule has 0 N–H and O–H groups in total. The van der Waals surface area contributed by atoms with Crippen LogP contribution in [-0.4, -0.2) is 12.6 Å². The molecule has 0 aromatic heterocycles. The second-order valence-electron chi connectivity index (χ2n) is 12.5. The van der Waals surface area contributed by atoms with Gasteiger partial charge in [-0.25, -0.2) is 0 Å². The Morgan fingerprint density at radius 2 is 1.74 bits per heavy atom. The first kappa shape index (κ1) is 23.4. The molecule has 0 amide bonds. The van der Waals surface area contributed by atoms with Crippen molar-refractivity contribution < 1.29 is 9.53 Å². The zero-order valence-electron chi connectivity index (χ0n) is 21.1. The van der Waals surface area contributed by atoms with Gasteiger partial charge >= 0.3 is 5.97 Å². The summed E-state index contributed by atoms with van der Waals surface area (Å²) in [7, 11) is 0. The number of fused-ring (bicyclic) bond motifs is 5. The summed E-state index contributed by atoms with van der Waals surface area (Å²) >= 11 is 0. The standard InChI is InChI=1S/C29H48O2/c1-20(19-31-22(3)30)9-8-10-21(2)25-14-15-26-24-13-12-23-11-6-7-17-28(23,4)27(24)16-18-29(25,26)5/h9,21,23-27H,6-8,10-19H2,1-5H3/t21-,23?,24+,25-,26+,27+,28+,29-/m1/s1. The van der Waals surface area contributed by atoms with E-state index in [1.54, 1.807) is 0 Å². The fourth-order valence-corrected chi connectivity index (χ4v) is 9.34. The summed E-state index contributed by atoms with van der Waals surface area (Å²) in [5.74, 6) is 5.57. The van der Waals surface area contributed by atoms with Crippen molar-refractivity contribution in [3.8, 4) is 0 Å². The van der Waals surface area contributed by atoms with Crippen LogP contribution in [0.25, 0.3) is 0 Å². The van der Waals surface area contributed by atoms with E-state index in [9.17, 15) is 4.79 Å². The topological polar surface area (TPSA) is 26.3 Å². The molecule has 31 heavy (non-hydrogen) atoms. The van der Waals surface area contributed by atoms with Crippen molar-refractivity contribution in [3.63, 3.8) is 0 Å². The van der Waals surface area contributed by atoms with E-state index in [-0.39, 0.29) is 5.97 Å². The van der Waals surface area contributed by atoms with Gasteiger partial charge in [0.2, 0.25) is 0 Å². The lowest BCUT2D eigenvalue weighted by Gasteiger charge is -2.61. The van der Waals surface area contributed by atoms with Gasteiger partial charge in [-0.3, -0.25) is 4.79 Å². The maximum absolute atomic E-state index is 11.0. The van der Waals surface area contributed by atoms with Crippen molar-refractivity contribution in [1.82, 2.24) is 0 Å². The molecule has 8 atom stereocenters. The Balaban J connectivity index is 1.38. The first-order valence-electron chi connectivity index (χ1n) is 13.5. The van der Waals surface area contributed by atoms with Gasteiger partial charge in [-0.15, -0.1) is 0 Å². The van der Waals surface area contributed by atoms with Crippen LogP contribution in [0.5, 0.6) is 0 Å². The molecule has 0 aliphatic heterocycles. The molecule has 0 spiro atoms.